The van der Waals surface area contributed by atoms with Crippen molar-refractivity contribution in [3.63, 3.8) is 0 Å². The summed E-state index contributed by atoms with van der Waals surface area (Å²) in [6.45, 7) is 9.35. The number of hydrogen-bond acceptors (Lipinski definition) is 4. The minimum absolute atomic E-state index is 0.109. The third-order valence-electron chi connectivity index (χ3n) is 7.62. The van der Waals surface area contributed by atoms with Gasteiger partial charge in [-0.05, 0) is 76.0 Å². The van der Waals surface area contributed by atoms with E-state index in [1.54, 1.807) is 24.3 Å². The number of benzene rings is 2. The highest BCUT2D eigenvalue weighted by Crippen LogP contribution is 2.35. The van der Waals surface area contributed by atoms with Gasteiger partial charge in [0.05, 0.1) is 17.2 Å². The molecule has 0 unspecified atom stereocenters. The second-order valence-corrected chi connectivity index (χ2v) is 10.3. The quantitative estimate of drug-likeness (QED) is 0.326. The number of aromatic amines is 1. The number of likely N-dealkylation sites (tertiary alicyclic amines) is 1. The third-order valence-corrected chi connectivity index (χ3v) is 7.62. The second-order valence-electron chi connectivity index (χ2n) is 10.3. The highest BCUT2D eigenvalue weighted by molar-refractivity contribution is 6.35. The Morgan fingerprint density at radius 2 is 1.79 bits per heavy atom. The van der Waals surface area contributed by atoms with Gasteiger partial charge in [-0.15, -0.1) is 0 Å². The van der Waals surface area contributed by atoms with Gasteiger partial charge in [0, 0.05) is 41.3 Å². The van der Waals surface area contributed by atoms with E-state index >= 15 is 0 Å². The Balaban J connectivity index is 1.30. The Kier molecular flexibility index (Phi) is 7.65. The van der Waals surface area contributed by atoms with Crippen LogP contribution in [0.5, 0.6) is 0 Å². The Bertz CT molecular complexity index is 1430. The minimum Gasteiger partial charge on any atom is -0.358 e. The lowest BCUT2D eigenvalue weighted by atomic mass is 10.0. The fraction of sp³-hybridized carbons (Fsp3) is 0.323. The molecule has 1 aromatic heterocycles. The van der Waals surface area contributed by atoms with Crippen molar-refractivity contribution in [2.45, 2.75) is 39.7 Å². The molecule has 0 radical (unpaired) electrons. The van der Waals surface area contributed by atoms with Crippen LogP contribution in [0.1, 0.15) is 74.6 Å². The first-order valence-electron chi connectivity index (χ1n) is 13.5. The number of hydrogen-bond donors (Lipinski definition) is 4. The standard InChI is InChI=1S/C31H35N5O3/c1-19-26(33-21(3)28(19)31(39)32-13-16-36-14-7-8-15-36)18-25-24-12-11-23(17-27(24)35-30(25)38)29(37)34-20(2)22-9-5-4-6-10-22/h4-6,9-12,17-18,20,33H,7-8,13-16H2,1-3H3,(H,32,39)(H,34,37)(H,35,38)/t20-/m1/s1. The molecule has 8 nitrogen and oxygen atoms in total. The number of rotatable bonds is 8. The number of nitrogens with zero attached hydrogens (tertiary/aromatic N) is 1. The summed E-state index contributed by atoms with van der Waals surface area (Å²) in [4.78, 5) is 44.4. The average Bonchev–Trinajstić information content (AvgIpc) is 3.62. The van der Waals surface area contributed by atoms with Crippen molar-refractivity contribution in [1.82, 2.24) is 20.5 Å². The molecule has 0 bridgehead atoms. The normalized spacial score (nSPS) is 16.7. The van der Waals surface area contributed by atoms with Crippen LogP contribution < -0.4 is 16.0 Å². The van der Waals surface area contributed by atoms with Gasteiger partial charge in [0.2, 0.25) is 0 Å². The molecule has 1 saturated heterocycles. The van der Waals surface area contributed by atoms with Crippen molar-refractivity contribution in [1.29, 1.82) is 0 Å². The van der Waals surface area contributed by atoms with E-state index in [0.29, 0.717) is 34.6 Å². The molecular weight excluding hydrogens is 490 g/mol. The summed E-state index contributed by atoms with van der Waals surface area (Å²) in [5.41, 5.74) is 6.17. The topological polar surface area (TPSA) is 106 Å². The van der Waals surface area contributed by atoms with Gasteiger partial charge in [0.25, 0.3) is 17.7 Å². The summed E-state index contributed by atoms with van der Waals surface area (Å²) in [7, 11) is 0. The zero-order valence-corrected chi connectivity index (χ0v) is 22.7. The molecule has 8 heteroatoms. The van der Waals surface area contributed by atoms with Gasteiger partial charge in [-0.2, -0.15) is 0 Å². The van der Waals surface area contributed by atoms with Crippen molar-refractivity contribution in [3.05, 3.63) is 87.7 Å². The van der Waals surface area contributed by atoms with Crippen molar-refractivity contribution in [2.75, 3.05) is 31.5 Å². The molecule has 3 heterocycles. The third kappa shape index (κ3) is 5.66. The van der Waals surface area contributed by atoms with E-state index < -0.39 is 0 Å². The molecule has 0 saturated carbocycles. The van der Waals surface area contributed by atoms with Gasteiger partial charge in [-0.25, -0.2) is 0 Å². The number of aryl methyl sites for hydroxylation is 1. The minimum atomic E-state index is -0.247. The van der Waals surface area contributed by atoms with Gasteiger partial charge in [0.15, 0.2) is 0 Å². The van der Waals surface area contributed by atoms with Crippen molar-refractivity contribution < 1.29 is 14.4 Å². The van der Waals surface area contributed by atoms with Crippen LogP contribution in [0.15, 0.2) is 48.5 Å². The molecule has 4 N–H and O–H groups in total. The summed E-state index contributed by atoms with van der Waals surface area (Å²) >= 11 is 0. The molecule has 1 fully saturated rings. The van der Waals surface area contributed by atoms with E-state index in [2.05, 4.69) is 25.8 Å². The van der Waals surface area contributed by atoms with E-state index in [4.69, 9.17) is 0 Å². The molecule has 3 aromatic rings. The van der Waals surface area contributed by atoms with Crippen LogP contribution in [0.25, 0.3) is 11.6 Å². The summed E-state index contributed by atoms with van der Waals surface area (Å²) in [6, 6.07) is 14.8. The largest absolute Gasteiger partial charge is 0.358 e. The van der Waals surface area contributed by atoms with E-state index in [1.165, 1.54) is 12.8 Å². The van der Waals surface area contributed by atoms with Crippen LogP contribution in [0.2, 0.25) is 0 Å². The number of aromatic nitrogens is 1. The van der Waals surface area contributed by atoms with Crippen LogP contribution in [-0.4, -0.2) is 53.8 Å². The first-order valence-corrected chi connectivity index (χ1v) is 13.5. The van der Waals surface area contributed by atoms with Gasteiger partial charge >= 0.3 is 0 Å². The molecule has 3 amide bonds. The number of anilines is 1. The molecule has 0 spiro atoms. The number of carbonyl (C=O) groups is 3. The molecule has 2 aliphatic rings. The predicted octanol–water partition coefficient (Wildman–Crippen LogP) is 4.44. The number of nitrogens with one attached hydrogen (secondary N) is 4. The monoisotopic (exact) mass is 525 g/mol. The van der Waals surface area contributed by atoms with Crippen LogP contribution in [0, 0.1) is 13.8 Å². The van der Waals surface area contributed by atoms with Crippen LogP contribution >= 0.6 is 0 Å². The van der Waals surface area contributed by atoms with Crippen molar-refractivity contribution in [2.24, 2.45) is 0 Å². The van der Waals surface area contributed by atoms with Crippen LogP contribution in [0.3, 0.4) is 0 Å². The van der Waals surface area contributed by atoms with E-state index in [0.717, 1.165) is 42.0 Å². The molecule has 2 aliphatic heterocycles. The maximum absolute atomic E-state index is 13.0. The van der Waals surface area contributed by atoms with Gasteiger partial charge in [-0.3, -0.25) is 14.4 Å². The van der Waals surface area contributed by atoms with E-state index in [1.807, 2.05) is 51.1 Å². The first kappa shape index (κ1) is 26.4. The average molecular weight is 526 g/mol. The predicted molar refractivity (Wildman–Crippen MR) is 154 cm³/mol. The summed E-state index contributed by atoms with van der Waals surface area (Å²) < 4.78 is 0. The zero-order chi connectivity index (χ0) is 27.5. The molecular formula is C31H35N5O3. The van der Waals surface area contributed by atoms with E-state index in [9.17, 15) is 14.4 Å². The van der Waals surface area contributed by atoms with Gasteiger partial charge < -0.3 is 25.8 Å². The van der Waals surface area contributed by atoms with Crippen molar-refractivity contribution in [3.8, 4) is 0 Å². The fourth-order valence-electron chi connectivity index (χ4n) is 5.41. The first-order chi connectivity index (χ1) is 18.8. The van der Waals surface area contributed by atoms with Crippen LogP contribution in [0.4, 0.5) is 5.69 Å². The number of H-pyrrole nitrogens is 1. The Hall–Kier alpha value is -4.17. The van der Waals surface area contributed by atoms with Crippen LogP contribution in [-0.2, 0) is 4.79 Å². The Morgan fingerprint density at radius 3 is 2.54 bits per heavy atom. The SMILES string of the molecule is Cc1[nH]c(C=C2C(=O)Nc3cc(C(=O)N[C@H](C)c4ccccc4)ccc32)c(C)c1C(=O)NCCN1CCCC1. The number of amides is 3. The lowest BCUT2D eigenvalue weighted by Crippen LogP contribution is -2.33. The number of fused-ring (bicyclic) bond motifs is 1. The fourth-order valence-corrected chi connectivity index (χ4v) is 5.41. The number of carbonyl (C=O) groups excluding carboxylic acids is 3. The van der Waals surface area contributed by atoms with Crippen molar-refractivity contribution >= 4 is 35.1 Å². The maximum atomic E-state index is 13.0. The smallest absolute Gasteiger partial charge is 0.256 e. The Labute approximate surface area is 228 Å². The molecule has 1 atom stereocenters. The summed E-state index contributed by atoms with van der Waals surface area (Å²) in [5, 5.41) is 8.93. The second kappa shape index (κ2) is 11.3. The summed E-state index contributed by atoms with van der Waals surface area (Å²) in [6.07, 6.45) is 4.23. The highest BCUT2D eigenvalue weighted by Gasteiger charge is 2.27. The molecule has 0 aliphatic carbocycles. The van der Waals surface area contributed by atoms with Gasteiger partial charge in [-0.1, -0.05) is 36.4 Å². The lowest BCUT2D eigenvalue weighted by Gasteiger charge is -2.14. The maximum Gasteiger partial charge on any atom is 0.256 e. The molecule has 202 valence electrons. The lowest BCUT2D eigenvalue weighted by molar-refractivity contribution is -0.110. The van der Waals surface area contributed by atoms with Gasteiger partial charge in [0.1, 0.15) is 0 Å². The Morgan fingerprint density at radius 1 is 1.05 bits per heavy atom. The molecule has 39 heavy (non-hydrogen) atoms. The summed E-state index contributed by atoms with van der Waals surface area (Å²) in [5.74, 6) is -0.567. The van der Waals surface area contributed by atoms with E-state index in [-0.39, 0.29) is 23.8 Å². The molecule has 5 rings (SSSR count). The highest BCUT2D eigenvalue weighted by atomic mass is 16.2. The zero-order valence-electron chi connectivity index (χ0n) is 22.7. The molecule has 2 aromatic carbocycles.